The molecule has 24 heavy (non-hydrogen) atoms. The second kappa shape index (κ2) is 11.0. The largest absolute Gasteiger partial charge is 0.488 e. The van der Waals surface area contributed by atoms with Gasteiger partial charge in [-0.25, -0.2) is 0 Å². The molecule has 0 aliphatic carbocycles. The maximum absolute atomic E-state index is 5.92. The lowest BCUT2D eigenvalue weighted by Crippen LogP contribution is -2.45. The molecule has 138 valence electrons. The van der Waals surface area contributed by atoms with Crippen molar-refractivity contribution >= 4 is 24.8 Å². The van der Waals surface area contributed by atoms with Crippen LogP contribution in [0.1, 0.15) is 45.2 Å². The summed E-state index contributed by atoms with van der Waals surface area (Å²) >= 11 is 0. The Bertz CT molecular complexity index is 465. The molecule has 1 saturated heterocycles. The molecule has 0 bridgehead atoms. The third-order valence-electron chi connectivity index (χ3n) is 3.93. The van der Waals surface area contributed by atoms with Crippen molar-refractivity contribution in [1.29, 1.82) is 0 Å². The summed E-state index contributed by atoms with van der Waals surface area (Å²) in [5, 5.41) is 3.43. The van der Waals surface area contributed by atoms with Crippen molar-refractivity contribution in [1.82, 2.24) is 10.2 Å². The average molecular weight is 375 g/mol. The van der Waals surface area contributed by atoms with Gasteiger partial charge in [-0.05, 0) is 51.3 Å². The fourth-order valence-corrected chi connectivity index (χ4v) is 2.94. The fourth-order valence-electron chi connectivity index (χ4n) is 2.94. The van der Waals surface area contributed by atoms with Crippen LogP contribution in [0.25, 0.3) is 0 Å². The van der Waals surface area contributed by atoms with Crippen LogP contribution in [-0.4, -0.2) is 36.7 Å². The van der Waals surface area contributed by atoms with Crippen molar-refractivity contribution in [2.24, 2.45) is 0 Å². The minimum Gasteiger partial charge on any atom is -0.488 e. The molecular weight excluding hydrogens is 343 g/mol. The van der Waals surface area contributed by atoms with Gasteiger partial charge in [-0.2, -0.15) is 0 Å². The van der Waals surface area contributed by atoms with Gasteiger partial charge in [-0.3, -0.25) is 4.90 Å². The van der Waals surface area contributed by atoms with Gasteiger partial charge in [0.05, 0.1) is 0 Å². The summed E-state index contributed by atoms with van der Waals surface area (Å²) in [5.74, 6) is 0.944. The SMILES string of the molecule is C=CCC[C@@H](c1ccc(OC(C)(C)C)cc1)N1CCNCC1.Cl.Cl. The maximum atomic E-state index is 5.92. The summed E-state index contributed by atoms with van der Waals surface area (Å²) in [6.07, 6.45) is 4.20. The Labute approximate surface area is 159 Å². The number of benzene rings is 1. The van der Waals surface area contributed by atoms with E-state index in [0.717, 1.165) is 44.8 Å². The Morgan fingerprint density at radius 3 is 2.25 bits per heavy atom. The van der Waals surface area contributed by atoms with Gasteiger partial charge in [0.25, 0.3) is 0 Å². The predicted octanol–water partition coefficient (Wildman–Crippen LogP) is 4.62. The lowest BCUT2D eigenvalue weighted by Gasteiger charge is -2.35. The lowest BCUT2D eigenvalue weighted by atomic mass is 9.99. The molecule has 1 aromatic rings. The van der Waals surface area contributed by atoms with Crippen LogP contribution in [-0.2, 0) is 0 Å². The Morgan fingerprint density at radius 2 is 1.75 bits per heavy atom. The van der Waals surface area contributed by atoms with Crippen LogP contribution < -0.4 is 10.1 Å². The van der Waals surface area contributed by atoms with E-state index in [1.165, 1.54) is 5.56 Å². The highest BCUT2D eigenvalue weighted by atomic mass is 35.5. The Kier molecular flexibility index (Phi) is 10.6. The first-order valence-corrected chi connectivity index (χ1v) is 8.34. The van der Waals surface area contributed by atoms with Crippen LogP contribution in [0.2, 0.25) is 0 Å². The first-order chi connectivity index (χ1) is 10.5. The number of hydrogen-bond acceptors (Lipinski definition) is 3. The summed E-state index contributed by atoms with van der Waals surface area (Å²) in [5.41, 5.74) is 1.23. The zero-order valence-electron chi connectivity index (χ0n) is 15.1. The van der Waals surface area contributed by atoms with Crippen LogP contribution in [0.4, 0.5) is 0 Å². The van der Waals surface area contributed by atoms with Crippen molar-refractivity contribution < 1.29 is 4.74 Å². The molecule has 1 aliphatic rings. The van der Waals surface area contributed by atoms with Gasteiger partial charge in [0.15, 0.2) is 0 Å². The van der Waals surface area contributed by atoms with Crippen molar-refractivity contribution in [3.05, 3.63) is 42.5 Å². The smallest absolute Gasteiger partial charge is 0.120 e. The molecule has 0 spiro atoms. The number of allylic oxidation sites excluding steroid dienone is 1. The van der Waals surface area contributed by atoms with E-state index in [9.17, 15) is 0 Å². The number of nitrogens with zero attached hydrogens (tertiary/aromatic N) is 1. The molecule has 0 saturated carbocycles. The number of nitrogens with one attached hydrogen (secondary N) is 1. The van der Waals surface area contributed by atoms with Crippen molar-refractivity contribution in [3.8, 4) is 5.75 Å². The molecule has 5 heteroatoms. The highest BCUT2D eigenvalue weighted by Gasteiger charge is 2.21. The van der Waals surface area contributed by atoms with Crippen LogP contribution in [0.15, 0.2) is 36.9 Å². The van der Waals surface area contributed by atoms with Gasteiger partial charge < -0.3 is 10.1 Å². The first-order valence-electron chi connectivity index (χ1n) is 8.34. The third-order valence-corrected chi connectivity index (χ3v) is 3.93. The number of halogens is 2. The van der Waals surface area contributed by atoms with Gasteiger partial charge in [0, 0.05) is 32.2 Å². The lowest BCUT2D eigenvalue weighted by molar-refractivity contribution is 0.130. The number of piperazine rings is 1. The molecule has 0 amide bonds. The number of rotatable bonds is 6. The third kappa shape index (κ3) is 7.43. The molecule has 1 fully saturated rings. The Morgan fingerprint density at radius 1 is 1.17 bits per heavy atom. The van der Waals surface area contributed by atoms with Gasteiger partial charge in [0.1, 0.15) is 11.4 Å². The fraction of sp³-hybridized carbons (Fsp3) is 0.579. The first kappa shape index (κ1) is 23.3. The van der Waals surface area contributed by atoms with Crippen LogP contribution in [0.3, 0.4) is 0 Å². The molecule has 0 aromatic heterocycles. The molecule has 1 aliphatic heterocycles. The summed E-state index contributed by atoms with van der Waals surface area (Å²) < 4.78 is 5.92. The Balaban J connectivity index is 0.00000264. The van der Waals surface area contributed by atoms with E-state index in [-0.39, 0.29) is 30.4 Å². The number of hydrogen-bond donors (Lipinski definition) is 1. The second-order valence-corrected chi connectivity index (χ2v) is 6.95. The van der Waals surface area contributed by atoms with E-state index < -0.39 is 0 Å². The van der Waals surface area contributed by atoms with Crippen LogP contribution in [0, 0.1) is 0 Å². The summed E-state index contributed by atoms with van der Waals surface area (Å²) in [6, 6.07) is 9.12. The minimum absolute atomic E-state index is 0. The molecule has 2 rings (SSSR count). The van der Waals surface area contributed by atoms with Crippen molar-refractivity contribution in [2.75, 3.05) is 26.2 Å². The van der Waals surface area contributed by atoms with E-state index >= 15 is 0 Å². The summed E-state index contributed by atoms with van der Waals surface area (Å²) in [7, 11) is 0. The molecular formula is C19H32Cl2N2O. The monoisotopic (exact) mass is 374 g/mol. The molecule has 0 radical (unpaired) electrons. The van der Waals surface area contributed by atoms with Crippen molar-refractivity contribution in [3.63, 3.8) is 0 Å². The summed E-state index contributed by atoms with van der Waals surface area (Å²) in [6.45, 7) is 14.5. The molecule has 1 aromatic carbocycles. The van der Waals surface area contributed by atoms with Gasteiger partial charge in [-0.15, -0.1) is 31.4 Å². The second-order valence-electron chi connectivity index (χ2n) is 6.95. The van der Waals surface area contributed by atoms with Gasteiger partial charge >= 0.3 is 0 Å². The molecule has 1 N–H and O–H groups in total. The van der Waals surface area contributed by atoms with E-state index in [4.69, 9.17) is 4.74 Å². The zero-order valence-corrected chi connectivity index (χ0v) is 16.7. The van der Waals surface area contributed by atoms with E-state index in [2.05, 4.69) is 61.8 Å². The molecule has 1 heterocycles. The average Bonchev–Trinajstić information content (AvgIpc) is 2.49. The van der Waals surface area contributed by atoms with Gasteiger partial charge in [-0.1, -0.05) is 18.2 Å². The standard InChI is InChI=1S/C19H30N2O.2ClH/c1-5-6-7-18(21-14-12-20-13-15-21)16-8-10-17(11-9-16)22-19(2,3)4;;/h5,8-11,18,20H,1,6-7,12-15H2,2-4H3;2*1H/t18-;;/m0../s1. The normalized spacial score (nSPS) is 16.5. The molecule has 0 unspecified atom stereocenters. The minimum atomic E-state index is -0.150. The molecule has 1 atom stereocenters. The van der Waals surface area contributed by atoms with E-state index in [0.29, 0.717) is 6.04 Å². The number of ether oxygens (including phenoxy) is 1. The maximum Gasteiger partial charge on any atom is 0.120 e. The highest BCUT2D eigenvalue weighted by molar-refractivity contribution is 5.85. The molecule has 3 nitrogen and oxygen atoms in total. The predicted molar refractivity (Wildman–Crippen MR) is 108 cm³/mol. The highest BCUT2D eigenvalue weighted by Crippen LogP contribution is 2.28. The van der Waals surface area contributed by atoms with Crippen molar-refractivity contribution in [2.45, 2.75) is 45.3 Å². The quantitative estimate of drug-likeness (QED) is 0.735. The van der Waals surface area contributed by atoms with E-state index in [1.54, 1.807) is 0 Å². The Hall–Kier alpha value is -0.740. The topological polar surface area (TPSA) is 24.5 Å². The van der Waals surface area contributed by atoms with Crippen LogP contribution in [0.5, 0.6) is 5.75 Å². The summed E-state index contributed by atoms with van der Waals surface area (Å²) in [4.78, 5) is 2.58. The van der Waals surface area contributed by atoms with E-state index in [1.807, 2.05) is 6.08 Å². The van der Waals surface area contributed by atoms with Crippen LogP contribution >= 0.6 is 24.8 Å². The zero-order chi connectivity index (χ0) is 16.0. The van der Waals surface area contributed by atoms with Gasteiger partial charge in [0.2, 0.25) is 0 Å².